The molecule has 44 heavy (non-hydrogen) atoms. The molecule has 0 saturated heterocycles. The van der Waals surface area contributed by atoms with Crippen molar-refractivity contribution in [1.82, 2.24) is 0 Å². The quantitative estimate of drug-likeness (QED) is 0.144. The zero-order chi connectivity index (χ0) is 31.9. The summed E-state index contributed by atoms with van der Waals surface area (Å²) in [5, 5.41) is 10.4. The third-order valence-corrected chi connectivity index (χ3v) is 9.95. The van der Waals surface area contributed by atoms with E-state index in [9.17, 15) is 0 Å². The summed E-state index contributed by atoms with van der Waals surface area (Å²) in [6.07, 6.45) is 17.2. The second-order valence-corrected chi connectivity index (χ2v) is 13.6. The third-order valence-electron chi connectivity index (χ3n) is 7.64. The maximum Gasteiger partial charge on any atom is 0.102 e. The molecule has 0 aliphatic heterocycles. The number of aryl methyl sites for hydroxylation is 1. The largest absolute Gasteiger partial charge is 0.453 e. The highest BCUT2D eigenvalue weighted by Crippen LogP contribution is 2.43. The molecule has 0 spiro atoms. The van der Waals surface area contributed by atoms with Crippen LogP contribution in [0.2, 0.25) is 0 Å². The van der Waals surface area contributed by atoms with Gasteiger partial charge in [0.2, 0.25) is 0 Å². The van der Waals surface area contributed by atoms with E-state index in [1.165, 1.54) is 73.4 Å². The van der Waals surface area contributed by atoms with Gasteiger partial charge in [-0.1, -0.05) is 144 Å². The summed E-state index contributed by atoms with van der Waals surface area (Å²) in [5.41, 5.74) is 3.97. The molecule has 0 bridgehead atoms. The monoisotopic (exact) mass is 632 g/mol. The molecule has 1 fully saturated rings. The van der Waals surface area contributed by atoms with Gasteiger partial charge in [-0.2, -0.15) is 12.6 Å². The maximum atomic E-state index is 8.86. The van der Waals surface area contributed by atoms with Crippen LogP contribution in [0.5, 0.6) is 0 Å². The summed E-state index contributed by atoms with van der Waals surface area (Å²) < 4.78 is 5.36. The summed E-state index contributed by atoms with van der Waals surface area (Å²) >= 11 is 3.91. The van der Waals surface area contributed by atoms with Gasteiger partial charge in [0.15, 0.2) is 0 Å². The lowest BCUT2D eigenvalue weighted by Gasteiger charge is -2.17. The van der Waals surface area contributed by atoms with Gasteiger partial charge < -0.3 is 9.30 Å². The minimum Gasteiger partial charge on any atom is -0.453 e. The molecule has 1 aliphatic rings. The first-order chi connectivity index (χ1) is 21.5. The fraction of sp³-hybridized carbons (Fsp3) is 0.450. The molecule has 240 valence electrons. The Morgan fingerprint density at radius 3 is 1.70 bits per heavy atom. The highest BCUT2D eigenvalue weighted by Gasteiger charge is 2.38. The molecular weight excluding hydrogens is 575 g/mol. The number of allylic oxidation sites excluding steroid dienone is 2. The van der Waals surface area contributed by atoms with E-state index in [0.29, 0.717) is 11.7 Å². The lowest BCUT2D eigenvalue weighted by molar-refractivity contribution is 0.177. The predicted molar refractivity (Wildman–Crippen MR) is 198 cm³/mol. The Hall–Kier alpha value is -2.45. The first kappa shape index (κ1) is 37.7. The lowest BCUT2D eigenvalue weighted by atomic mass is 9.88. The number of benzene rings is 3. The van der Waals surface area contributed by atoms with Crippen LogP contribution in [0.15, 0.2) is 113 Å². The first-order valence-corrected chi connectivity index (χ1v) is 18.7. The van der Waals surface area contributed by atoms with Crippen LogP contribution in [-0.2, 0) is 6.42 Å². The molecule has 0 radical (unpaired) electrons. The Morgan fingerprint density at radius 1 is 0.818 bits per heavy atom. The fourth-order valence-corrected chi connectivity index (χ4v) is 6.32. The molecule has 1 aliphatic carbocycles. The van der Waals surface area contributed by atoms with Crippen molar-refractivity contribution in [2.45, 2.75) is 110 Å². The minimum absolute atomic E-state index is 0.298. The van der Waals surface area contributed by atoms with Gasteiger partial charge in [-0.05, 0) is 68.1 Å². The van der Waals surface area contributed by atoms with Gasteiger partial charge in [-0.25, -0.2) is 0 Å². The van der Waals surface area contributed by atoms with Crippen LogP contribution in [0.3, 0.4) is 0 Å². The van der Waals surface area contributed by atoms with E-state index < -0.39 is 0 Å². The van der Waals surface area contributed by atoms with Crippen LogP contribution < -0.4 is 0 Å². The molecule has 1 atom stereocenters. The summed E-state index contributed by atoms with van der Waals surface area (Å²) in [5.74, 6) is 3.37. The van der Waals surface area contributed by atoms with Crippen LogP contribution in [0.1, 0.15) is 115 Å². The zero-order valence-corrected chi connectivity index (χ0v) is 29.5. The van der Waals surface area contributed by atoms with Crippen molar-refractivity contribution in [3.63, 3.8) is 0 Å². The number of thiol groups is 1. The lowest BCUT2D eigenvalue weighted by Crippen LogP contribution is -2.06. The van der Waals surface area contributed by atoms with Crippen LogP contribution in [0.25, 0.3) is 5.31 Å². The van der Waals surface area contributed by atoms with Gasteiger partial charge in [-0.15, -0.1) is 0 Å². The third kappa shape index (κ3) is 15.5. The van der Waals surface area contributed by atoms with E-state index in [4.69, 9.17) is 9.30 Å². The Labute approximate surface area is 275 Å². The molecule has 1 N–H and O–H groups in total. The van der Waals surface area contributed by atoms with Gasteiger partial charge >= 0.3 is 0 Å². The molecule has 4 heteroatoms. The summed E-state index contributed by atoms with van der Waals surface area (Å²) in [4.78, 5) is 0. The number of rotatable bonds is 13. The highest BCUT2D eigenvalue weighted by molar-refractivity contribution is 7.80. The summed E-state index contributed by atoms with van der Waals surface area (Å²) in [7, 11) is -0.298. The van der Waals surface area contributed by atoms with Crippen LogP contribution in [-0.4, -0.2) is 16.5 Å². The van der Waals surface area contributed by atoms with Crippen molar-refractivity contribution in [3.05, 3.63) is 126 Å². The standard InChI is InChI=1S/C16H18.C10H17OP.C10H14.C4H8OS/c1-2-9-16(14-10-5-3-6-11-14)15-12-7-4-8-13-15;1-3-5-7-10(6-4-2)12-9-8-11-12;1-2-3-7-10-8-5-4-6-9-10;5-4(3-6)1-2-4/h3-8,10-13,16H,2,9H2,1H3;6,8-9H,3-5,7H2,1-2H3;4-6,8-9H,2-3,7H2,1H3;5-6H,1-3H2/b;10-6+;;. The molecule has 1 aromatic heterocycles. The average molecular weight is 633 g/mol. The van der Waals surface area contributed by atoms with Crippen LogP contribution in [0, 0.1) is 0 Å². The minimum atomic E-state index is -0.344. The number of unbranched alkanes of at least 4 members (excludes halogenated alkanes) is 2. The Balaban J connectivity index is 0.000000215. The molecule has 1 unspecified atom stereocenters. The number of hydrogen-bond donors (Lipinski definition) is 2. The van der Waals surface area contributed by atoms with Crippen LogP contribution in [0.4, 0.5) is 0 Å². The smallest absolute Gasteiger partial charge is 0.102 e. The predicted octanol–water partition coefficient (Wildman–Crippen LogP) is 12.8. The van der Waals surface area contributed by atoms with Crippen molar-refractivity contribution in [3.8, 4) is 0 Å². The summed E-state index contributed by atoms with van der Waals surface area (Å²) in [6.45, 7) is 8.89. The van der Waals surface area contributed by atoms with Gasteiger partial charge in [0, 0.05) is 22.8 Å². The second-order valence-electron chi connectivity index (χ2n) is 11.6. The molecule has 5 rings (SSSR count). The normalized spacial score (nSPS) is 13.5. The molecule has 2 nitrogen and oxygen atoms in total. The Kier molecular flexibility index (Phi) is 19.7. The van der Waals surface area contributed by atoms with Crippen molar-refractivity contribution in [2.75, 3.05) is 5.75 Å². The van der Waals surface area contributed by atoms with E-state index in [1.807, 2.05) is 0 Å². The van der Waals surface area contributed by atoms with Gasteiger partial charge in [0.05, 0.1) is 13.4 Å². The van der Waals surface area contributed by atoms with E-state index in [2.05, 4.69) is 143 Å². The highest BCUT2D eigenvalue weighted by atomic mass is 32.1. The second kappa shape index (κ2) is 23.0. The average Bonchev–Trinajstić information content (AvgIpc) is 3.80. The van der Waals surface area contributed by atoms with E-state index >= 15 is 0 Å². The Morgan fingerprint density at radius 2 is 1.34 bits per heavy atom. The van der Waals surface area contributed by atoms with Crippen LogP contribution >= 0.6 is 20.4 Å². The number of aliphatic hydroxyl groups is 1. The number of hydrogen-bond acceptors (Lipinski definition) is 3. The fourth-order valence-electron chi connectivity index (χ4n) is 4.69. The molecule has 0 amide bonds. The van der Waals surface area contributed by atoms with Crippen molar-refractivity contribution in [1.29, 1.82) is 0 Å². The Bertz CT molecular complexity index is 1180. The topological polar surface area (TPSA) is 33.4 Å². The van der Waals surface area contributed by atoms with Gasteiger partial charge in [0.1, 0.15) is 6.26 Å². The van der Waals surface area contributed by atoms with E-state index in [1.54, 1.807) is 6.26 Å². The van der Waals surface area contributed by atoms with E-state index in [0.717, 1.165) is 19.3 Å². The first-order valence-electron chi connectivity index (χ1n) is 16.8. The molecule has 1 saturated carbocycles. The van der Waals surface area contributed by atoms with Gasteiger partial charge in [-0.3, -0.25) is 0 Å². The van der Waals surface area contributed by atoms with Crippen molar-refractivity contribution < 1.29 is 9.30 Å². The van der Waals surface area contributed by atoms with Crippen molar-refractivity contribution in [2.24, 2.45) is 0 Å². The van der Waals surface area contributed by atoms with Crippen molar-refractivity contribution >= 4 is 25.7 Å². The maximum absolute atomic E-state index is 8.86. The molecular formula is C40H57O2PS. The molecule has 1 heterocycles. The molecule has 3 aromatic carbocycles. The zero-order valence-electron chi connectivity index (χ0n) is 27.7. The SMILES string of the molecule is CC/C=C(\CCCC)p1cco1.CCCC(c1ccccc1)c1ccccc1.CCCCc1ccccc1.OC1(CS)CC1. The molecule has 4 aromatic rings. The summed E-state index contributed by atoms with van der Waals surface area (Å²) in [6, 6.07) is 32.2. The van der Waals surface area contributed by atoms with E-state index in [-0.39, 0.29) is 13.4 Å². The van der Waals surface area contributed by atoms with Gasteiger partial charge in [0.25, 0.3) is 0 Å².